The summed E-state index contributed by atoms with van der Waals surface area (Å²) in [6.45, 7) is 0.937. The third kappa shape index (κ3) is 3.01. The molecule has 18 heavy (non-hydrogen) atoms. The second-order valence-electron chi connectivity index (χ2n) is 4.24. The molecule has 1 N–H and O–H groups in total. The molecule has 1 aliphatic rings. The van der Waals surface area contributed by atoms with Crippen molar-refractivity contribution >= 4 is 23.8 Å². The van der Waals surface area contributed by atoms with Crippen molar-refractivity contribution in [1.29, 1.82) is 0 Å². The molecule has 0 aromatic heterocycles. The standard InChI is InChI=1S/C13H13ClFNO2/c14-11-2-1-10(12(15)8-11)7-9-3-5-16(6-4-9)13(17)18/h1-2,7-8H,3-6H2,(H,17,18). The van der Waals surface area contributed by atoms with Crippen LogP contribution in [0.25, 0.3) is 6.08 Å². The van der Waals surface area contributed by atoms with Crippen LogP contribution in [0.2, 0.25) is 5.02 Å². The lowest BCUT2D eigenvalue weighted by Gasteiger charge is -2.25. The Balaban J connectivity index is 2.09. The highest BCUT2D eigenvalue weighted by atomic mass is 35.5. The molecule has 1 fully saturated rings. The van der Waals surface area contributed by atoms with Crippen molar-refractivity contribution in [3.8, 4) is 0 Å². The van der Waals surface area contributed by atoms with Gasteiger partial charge in [-0.05, 0) is 25.0 Å². The van der Waals surface area contributed by atoms with E-state index in [1.165, 1.54) is 11.0 Å². The number of halogens is 2. The van der Waals surface area contributed by atoms with Crippen LogP contribution in [0.5, 0.6) is 0 Å². The first kappa shape index (κ1) is 12.9. The molecule has 1 aromatic carbocycles. The van der Waals surface area contributed by atoms with Crippen LogP contribution in [0.4, 0.5) is 9.18 Å². The van der Waals surface area contributed by atoms with Crippen molar-refractivity contribution in [3.05, 3.63) is 40.2 Å². The monoisotopic (exact) mass is 269 g/mol. The average molecular weight is 270 g/mol. The van der Waals surface area contributed by atoms with Crippen LogP contribution < -0.4 is 0 Å². The highest BCUT2D eigenvalue weighted by Crippen LogP contribution is 2.22. The molecule has 0 spiro atoms. The Kier molecular flexibility index (Phi) is 3.87. The zero-order chi connectivity index (χ0) is 13.1. The van der Waals surface area contributed by atoms with E-state index in [1.54, 1.807) is 18.2 Å². The number of hydrogen-bond acceptors (Lipinski definition) is 1. The summed E-state index contributed by atoms with van der Waals surface area (Å²) in [5.41, 5.74) is 1.56. The normalized spacial score (nSPS) is 15.7. The van der Waals surface area contributed by atoms with Crippen LogP contribution in [-0.2, 0) is 0 Å². The smallest absolute Gasteiger partial charge is 0.407 e. The summed E-state index contributed by atoms with van der Waals surface area (Å²) in [5.74, 6) is -0.351. The van der Waals surface area contributed by atoms with Gasteiger partial charge in [0.2, 0.25) is 0 Å². The summed E-state index contributed by atoms with van der Waals surface area (Å²) >= 11 is 5.68. The summed E-state index contributed by atoms with van der Waals surface area (Å²) in [6.07, 6.45) is 2.18. The van der Waals surface area contributed by atoms with E-state index in [1.807, 2.05) is 0 Å². The Morgan fingerprint density at radius 2 is 2.06 bits per heavy atom. The first-order valence-corrected chi connectivity index (χ1v) is 6.06. The third-order valence-corrected chi connectivity index (χ3v) is 3.23. The van der Waals surface area contributed by atoms with Gasteiger partial charge in [0, 0.05) is 23.7 Å². The number of amides is 1. The fourth-order valence-electron chi connectivity index (χ4n) is 1.97. The van der Waals surface area contributed by atoms with Gasteiger partial charge in [-0.25, -0.2) is 9.18 Å². The largest absolute Gasteiger partial charge is 0.465 e. The van der Waals surface area contributed by atoms with Gasteiger partial charge in [-0.3, -0.25) is 0 Å². The van der Waals surface area contributed by atoms with Gasteiger partial charge in [0.25, 0.3) is 0 Å². The molecule has 96 valence electrons. The van der Waals surface area contributed by atoms with Crippen LogP contribution in [0.15, 0.2) is 23.8 Å². The van der Waals surface area contributed by atoms with Crippen molar-refractivity contribution in [2.24, 2.45) is 0 Å². The second kappa shape index (κ2) is 5.40. The Morgan fingerprint density at radius 3 is 2.61 bits per heavy atom. The Bertz CT molecular complexity index is 492. The first-order valence-electron chi connectivity index (χ1n) is 5.68. The van der Waals surface area contributed by atoms with E-state index in [-0.39, 0.29) is 5.82 Å². The molecule has 5 heteroatoms. The molecule has 0 radical (unpaired) electrons. The molecule has 1 aliphatic heterocycles. The predicted octanol–water partition coefficient (Wildman–Crippen LogP) is 3.64. The fourth-order valence-corrected chi connectivity index (χ4v) is 2.13. The van der Waals surface area contributed by atoms with Crippen molar-refractivity contribution < 1.29 is 14.3 Å². The maximum atomic E-state index is 13.6. The maximum Gasteiger partial charge on any atom is 0.407 e. The topological polar surface area (TPSA) is 40.5 Å². The lowest BCUT2D eigenvalue weighted by molar-refractivity contribution is 0.142. The van der Waals surface area contributed by atoms with Crippen LogP contribution >= 0.6 is 11.6 Å². The van der Waals surface area contributed by atoms with E-state index in [2.05, 4.69) is 0 Å². The van der Waals surface area contributed by atoms with Gasteiger partial charge in [-0.15, -0.1) is 0 Å². The van der Waals surface area contributed by atoms with Crippen molar-refractivity contribution in [2.75, 3.05) is 13.1 Å². The van der Waals surface area contributed by atoms with Crippen LogP contribution in [-0.4, -0.2) is 29.2 Å². The molecule has 1 amide bonds. The third-order valence-electron chi connectivity index (χ3n) is 3.00. The Labute approximate surface area is 109 Å². The van der Waals surface area contributed by atoms with Crippen molar-refractivity contribution in [3.63, 3.8) is 0 Å². The van der Waals surface area contributed by atoms with Gasteiger partial charge in [-0.1, -0.05) is 29.3 Å². The van der Waals surface area contributed by atoms with E-state index in [0.29, 0.717) is 36.5 Å². The molecule has 3 nitrogen and oxygen atoms in total. The molecule has 0 saturated carbocycles. The minimum absolute atomic E-state index is 0.351. The molecule has 0 bridgehead atoms. The molecule has 0 aliphatic carbocycles. The van der Waals surface area contributed by atoms with Gasteiger partial charge in [0.1, 0.15) is 5.82 Å². The average Bonchev–Trinajstić information content (AvgIpc) is 2.33. The predicted molar refractivity (Wildman–Crippen MR) is 68.2 cm³/mol. The lowest BCUT2D eigenvalue weighted by Crippen LogP contribution is -2.35. The molecular formula is C13H13ClFNO2. The summed E-state index contributed by atoms with van der Waals surface area (Å²) in [4.78, 5) is 12.1. The molecular weight excluding hydrogens is 257 g/mol. The molecule has 0 atom stereocenters. The number of benzene rings is 1. The summed E-state index contributed by atoms with van der Waals surface area (Å²) in [7, 11) is 0. The minimum atomic E-state index is -0.897. The number of carbonyl (C=O) groups is 1. The van der Waals surface area contributed by atoms with Crippen molar-refractivity contribution in [2.45, 2.75) is 12.8 Å². The number of piperidine rings is 1. The number of hydrogen-bond donors (Lipinski definition) is 1. The number of nitrogens with zero attached hydrogens (tertiary/aromatic N) is 1. The fraction of sp³-hybridized carbons (Fsp3) is 0.308. The summed E-state index contributed by atoms with van der Waals surface area (Å²) in [5, 5.41) is 9.19. The number of carboxylic acid groups (broad SMARTS) is 1. The zero-order valence-electron chi connectivity index (χ0n) is 9.70. The number of rotatable bonds is 1. The van der Waals surface area contributed by atoms with Gasteiger partial charge >= 0.3 is 6.09 Å². The summed E-state index contributed by atoms with van der Waals surface area (Å²) in [6, 6.07) is 4.55. The SMILES string of the molecule is O=C(O)N1CCC(=Cc2ccc(Cl)cc2F)CC1. The highest BCUT2D eigenvalue weighted by Gasteiger charge is 2.17. The minimum Gasteiger partial charge on any atom is -0.465 e. The van der Waals surface area contributed by atoms with Crippen LogP contribution in [0.1, 0.15) is 18.4 Å². The summed E-state index contributed by atoms with van der Waals surface area (Å²) < 4.78 is 13.6. The lowest BCUT2D eigenvalue weighted by atomic mass is 10.0. The van der Waals surface area contributed by atoms with E-state index in [4.69, 9.17) is 16.7 Å². The Morgan fingerprint density at radius 1 is 1.39 bits per heavy atom. The zero-order valence-corrected chi connectivity index (χ0v) is 10.5. The van der Waals surface area contributed by atoms with Gasteiger partial charge in [-0.2, -0.15) is 0 Å². The molecule has 2 rings (SSSR count). The van der Waals surface area contributed by atoms with Gasteiger partial charge in [0.15, 0.2) is 0 Å². The maximum absolute atomic E-state index is 13.6. The quantitative estimate of drug-likeness (QED) is 0.846. The molecule has 1 aromatic rings. The van der Waals surface area contributed by atoms with Crippen LogP contribution in [0, 0.1) is 5.82 Å². The van der Waals surface area contributed by atoms with E-state index in [9.17, 15) is 9.18 Å². The molecule has 1 saturated heterocycles. The molecule has 1 heterocycles. The highest BCUT2D eigenvalue weighted by molar-refractivity contribution is 6.30. The Hall–Kier alpha value is -1.55. The number of likely N-dealkylation sites (tertiary alicyclic amines) is 1. The second-order valence-corrected chi connectivity index (χ2v) is 4.67. The van der Waals surface area contributed by atoms with Gasteiger partial charge < -0.3 is 10.0 Å². The first-order chi connectivity index (χ1) is 8.56. The van der Waals surface area contributed by atoms with Gasteiger partial charge in [0.05, 0.1) is 0 Å². The van der Waals surface area contributed by atoms with E-state index >= 15 is 0 Å². The van der Waals surface area contributed by atoms with E-state index in [0.717, 1.165) is 5.57 Å². The molecule has 0 unspecified atom stereocenters. The van der Waals surface area contributed by atoms with Crippen LogP contribution in [0.3, 0.4) is 0 Å². The van der Waals surface area contributed by atoms with Crippen molar-refractivity contribution in [1.82, 2.24) is 4.90 Å². The van der Waals surface area contributed by atoms with E-state index < -0.39 is 6.09 Å².